The molecule has 86 valence electrons. The average molecular weight is 317 g/mol. The first-order valence-electron chi connectivity index (χ1n) is 5.04. The van der Waals surface area contributed by atoms with Gasteiger partial charge in [-0.3, -0.25) is 0 Å². The van der Waals surface area contributed by atoms with Gasteiger partial charge >= 0.3 is 0 Å². The number of nitrogens with one attached hydrogen (secondary N) is 1. The lowest BCUT2D eigenvalue weighted by Crippen LogP contribution is -2.17. The fourth-order valence-electron chi connectivity index (χ4n) is 1.45. The molecule has 5 heteroatoms. The van der Waals surface area contributed by atoms with E-state index < -0.39 is 0 Å². The van der Waals surface area contributed by atoms with Crippen molar-refractivity contribution < 1.29 is 0 Å². The highest BCUT2D eigenvalue weighted by Crippen LogP contribution is 2.28. The molecule has 0 aromatic carbocycles. The highest BCUT2D eigenvalue weighted by molar-refractivity contribution is 9.10. The SMILES string of the molecule is Cc1nc(CNC(C)c2sccc2Br)cs1. The number of rotatable bonds is 4. The molecule has 0 radical (unpaired) electrons. The van der Waals surface area contributed by atoms with E-state index in [0.29, 0.717) is 6.04 Å². The lowest BCUT2D eigenvalue weighted by Gasteiger charge is -2.11. The number of hydrogen-bond acceptors (Lipinski definition) is 4. The Hall–Kier alpha value is -0.230. The van der Waals surface area contributed by atoms with Crippen LogP contribution in [0.2, 0.25) is 0 Å². The zero-order chi connectivity index (χ0) is 11.5. The second-order valence-electron chi connectivity index (χ2n) is 3.59. The van der Waals surface area contributed by atoms with Crippen LogP contribution in [0.15, 0.2) is 21.3 Å². The molecule has 16 heavy (non-hydrogen) atoms. The largest absolute Gasteiger partial charge is 0.304 e. The number of nitrogens with zero attached hydrogens (tertiary/aromatic N) is 1. The molecule has 0 fully saturated rings. The summed E-state index contributed by atoms with van der Waals surface area (Å²) in [4.78, 5) is 5.77. The maximum atomic E-state index is 4.43. The van der Waals surface area contributed by atoms with E-state index >= 15 is 0 Å². The number of thiazole rings is 1. The molecule has 0 saturated carbocycles. The van der Waals surface area contributed by atoms with E-state index in [1.165, 1.54) is 9.35 Å². The van der Waals surface area contributed by atoms with Crippen molar-refractivity contribution >= 4 is 38.6 Å². The summed E-state index contributed by atoms with van der Waals surface area (Å²) in [5.74, 6) is 0. The van der Waals surface area contributed by atoms with E-state index in [0.717, 1.165) is 17.2 Å². The van der Waals surface area contributed by atoms with Crippen molar-refractivity contribution in [3.63, 3.8) is 0 Å². The summed E-state index contributed by atoms with van der Waals surface area (Å²) in [6.07, 6.45) is 0. The van der Waals surface area contributed by atoms with Gasteiger partial charge in [-0.25, -0.2) is 4.98 Å². The van der Waals surface area contributed by atoms with E-state index in [2.05, 4.69) is 50.0 Å². The lowest BCUT2D eigenvalue weighted by atomic mass is 10.2. The summed E-state index contributed by atoms with van der Waals surface area (Å²) < 4.78 is 1.19. The highest BCUT2D eigenvalue weighted by Gasteiger charge is 2.10. The molecule has 0 aliphatic heterocycles. The first kappa shape index (κ1) is 12.2. The molecule has 1 atom stereocenters. The van der Waals surface area contributed by atoms with Gasteiger partial charge in [0.1, 0.15) is 0 Å². The predicted octanol–water partition coefficient (Wildman–Crippen LogP) is 4.13. The van der Waals surface area contributed by atoms with Crippen LogP contribution >= 0.6 is 38.6 Å². The average Bonchev–Trinajstić information content (AvgIpc) is 2.84. The minimum Gasteiger partial charge on any atom is -0.304 e. The smallest absolute Gasteiger partial charge is 0.0897 e. The van der Waals surface area contributed by atoms with Crippen molar-refractivity contribution in [1.82, 2.24) is 10.3 Å². The second kappa shape index (κ2) is 5.40. The Morgan fingerprint density at radius 1 is 1.50 bits per heavy atom. The first-order chi connectivity index (χ1) is 7.66. The topological polar surface area (TPSA) is 24.9 Å². The molecule has 2 nitrogen and oxygen atoms in total. The van der Waals surface area contributed by atoms with Gasteiger partial charge in [-0.15, -0.1) is 22.7 Å². The van der Waals surface area contributed by atoms with Gasteiger partial charge in [0.15, 0.2) is 0 Å². The minimum atomic E-state index is 0.358. The number of thiophene rings is 1. The highest BCUT2D eigenvalue weighted by atomic mass is 79.9. The molecule has 0 amide bonds. The Morgan fingerprint density at radius 3 is 2.88 bits per heavy atom. The summed E-state index contributed by atoms with van der Waals surface area (Å²) >= 11 is 7.02. The van der Waals surface area contributed by atoms with E-state index in [1.54, 1.807) is 22.7 Å². The zero-order valence-corrected chi connectivity index (χ0v) is 12.4. The Balaban J connectivity index is 1.93. The number of hydrogen-bond donors (Lipinski definition) is 1. The van der Waals surface area contributed by atoms with Crippen molar-refractivity contribution in [3.05, 3.63) is 36.9 Å². The molecular weight excluding hydrogens is 304 g/mol. The van der Waals surface area contributed by atoms with Crippen molar-refractivity contribution in [2.24, 2.45) is 0 Å². The monoisotopic (exact) mass is 316 g/mol. The summed E-state index contributed by atoms with van der Waals surface area (Å²) in [5, 5.41) is 8.82. The minimum absolute atomic E-state index is 0.358. The van der Waals surface area contributed by atoms with Crippen LogP contribution in [0.25, 0.3) is 0 Å². The molecular formula is C11H13BrN2S2. The summed E-state index contributed by atoms with van der Waals surface area (Å²) in [7, 11) is 0. The van der Waals surface area contributed by atoms with Crippen molar-refractivity contribution in [3.8, 4) is 0 Å². The Bertz CT molecular complexity index is 464. The van der Waals surface area contributed by atoms with Gasteiger partial charge in [0.05, 0.1) is 10.7 Å². The van der Waals surface area contributed by atoms with Crippen LogP contribution in [0.5, 0.6) is 0 Å². The molecule has 0 saturated heterocycles. The molecule has 2 rings (SSSR count). The van der Waals surface area contributed by atoms with Crippen molar-refractivity contribution in [1.29, 1.82) is 0 Å². The van der Waals surface area contributed by atoms with Crippen LogP contribution in [0.4, 0.5) is 0 Å². The molecule has 0 bridgehead atoms. The lowest BCUT2D eigenvalue weighted by molar-refractivity contribution is 0.575. The van der Waals surface area contributed by atoms with Crippen molar-refractivity contribution in [2.75, 3.05) is 0 Å². The van der Waals surface area contributed by atoms with Gasteiger partial charge in [-0.2, -0.15) is 0 Å². The maximum absolute atomic E-state index is 4.43. The fraction of sp³-hybridized carbons (Fsp3) is 0.364. The van der Waals surface area contributed by atoms with Gasteiger partial charge in [-0.1, -0.05) is 0 Å². The predicted molar refractivity (Wildman–Crippen MR) is 74.1 cm³/mol. The number of aromatic nitrogens is 1. The van der Waals surface area contributed by atoms with Crippen LogP contribution in [0.3, 0.4) is 0 Å². The summed E-state index contributed by atoms with van der Waals surface area (Å²) in [5.41, 5.74) is 1.13. The Kier molecular flexibility index (Phi) is 4.13. The molecule has 0 spiro atoms. The zero-order valence-electron chi connectivity index (χ0n) is 9.16. The Labute approximate surface area is 112 Å². The third kappa shape index (κ3) is 2.91. The Morgan fingerprint density at radius 2 is 2.31 bits per heavy atom. The molecule has 2 aromatic rings. The fourth-order valence-corrected chi connectivity index (χ4v) is 3.82. The van der Waals surface area contributed by atoms with Gasteiger partial charge in [0, 0.05) is 27.3 Å². The molecule has 1 unspecified atom stereocenters. The number of halogens is 1. The van der Waals surface area contributed by atoms with E-state index in [4.69, 9.17) is 0 Å². The quantitative estimate of drug-likeness (QED) is 0.917. The van der Waals surface area contributed by atoms with Crippen LogP contribution in [0.1, 0.15) is 28.5 Å². The van der Waals surface area contributed by atoms with Gasteiger partial charge in [0.25, 0.3) is 0 Å². The molecule has 0 aliphatic carbocycles. The van der Waals surface area contributed by atoms with Crippen LogP contribution in [-0.2, 0) is 6.54 Å². The van der Waals surface area contributed by atoms with Gasteiger partial charge in [0.2, 0.25) is 0 Å². The first-order valence-corrected chi connectivity index (χ1v) is 7.59. The van der Waals surface area contributed by atoms with Crippen LogP contribution < -0.4 is 5.32 Å². The van der Waals surface area contributed by atoms with E-state index in [9.17, 15) is 0 Å². The van der Waals surface area contributed by atoms with Gasteiger partial charge in [-0.05, 0) is 41.2 Å². The van der Waals surface area contributed by atoms with E-state index in [-0.39, 0.29) is 0 Å². The van der Waals surface area contributed by atoms with Gasteiger partial charge < -0.3 is 5.32 Å². The number of aryl methyl sites for hydroxylation is 1. The maximum Gasteiger partial charge on any atom is 0.0897 e. The molecule has 2 heterocycles. The van der Waals surface area contributed by atoms with Crippen LogP contribution in [0, 0.1) is 6.92 Å². The summed E-state index contributed by atoms with van der Waals surface area (Å²) in [6, 6.07) is 2.45. The summed E-state index contributed by atoms with van der Waals surface area (Å²) in [6.45, 7) is 5.04. The third-order valence-corrected chi connectivity index (χ3v) is 5.17. The molecule has 0 aliphatic rings. The molecule has 2 aromatic heterocycles. The van der Waals surface area contributed by atoms with E-state index in [1.807, 2.05) is 6.92 Å². The van der Waals surface area contributed by atoms with Crippen molar-refractivity contribution in [2.45, 2.75) is 26.4 Å². The third-order valence-electron chi connectivity index (χ3n) is 2.29. The normalized spacial score (nSPS) is 12.9. The van der Waals surface area contributed by atoms with Crippen LogP contribution in [-0.4, -0.2) is 4.98 Å². The second-order valence-corrected chi connectivity index (χ2v) is 6.46. The molecule has 1 N–H and O–H groups in total. The standard InChI is InChI=1S/C11H13BrN2S2/c1-7(11-10(12)3-4-15-11)13-5-9-6-16-8(2)14-9/h3-4,6-7,13H,5H2,1-2H3.